The van der Waals surface area contributed by atoms with Gasteiger partial charge in [-0.25, -0.2) is 0 Å². The largest absolute Gasteiger partial charge is 0.391 e. The lowest BCUT2D eigenvalue weighted by Crippen LogP contribution is -2.42. The summed E-state index contributed by atoms with van der Waals surface area (Å²) in [5.74, 6) is -0.0359. The van der Waals surface area contributed by atoms with Crippen LogP contribution in [0.5, 0.6) is 0 Å². The Morgan fingerprint density at radius 1 is 1.56 bits per heavy atom. The number of nitrogens with zero attached hydrogens (tertiary/aromatic N) is 2. The van der Waals surface area contributed by atoms with Crippen LogP contribution in [0.2, 0.25) is 0 Å². The summed E-state index contributed by atoms with van der Waals surface area (Å²) < 4.78 is 0. The molecule has 4 heteroatoms. The molecule has 2 rings (SSSR count). The van der Waals surface area contributed by atoms with E-state index in [0.717, 1.165) is 25.1 Å². The van der Waals surface area contributed by atoms with Crippen molar-refractivity contribution in [3.63, 3.8) is 0 Å². The number of carbonyl (C=O) groups is 1. The zero-order valence-electron chi connectivity index (χ0n) is 9.39. The van der Waals surface area contributed by atoms with E-state index in [1.165, 1.54) is 0 Å². The van der Waals surface area contributed by atoms with E-state index in [-0.39, 0.29) is 12.0 Å². The van der Waals surface area contributed by atoms with Crippen molar-refractivity contribution in [3.8, 4) is 0 Å². The zero-order valence-corrected chi connectivity index (χ0v) is 9.39. The van der Waals surface area contributed by atoms with Crippen LogP contribution in [0.15, 0.2) is 18.3 Å². The molecule has 1 aliphatic heterocycles. The standard InChI is InChI=1S/C12H16N2O2/c1-9-4-5-10(7-13-9)12(16)14-6-2-3-11(15)8-14/h4-5,7,11,15H,2-3,6,8H2,1H3/t11-/m0/s1. The van der Waals surface area contributed by atoms with Crippen LogP contribution in [0.1, 0.15) is 28.9 Å². The Kier molecular flexibility index (Phi) is 3.19. The minimum Gasteiger partial charge on any atom is -0.391 e. The van der Waals surface area contributed by atoms with E-state index in [9.17, 15) is 9.90 Å². The molecule has 0 radical (unpaired) electrons. The van der Waals surface area contributed by atoms with Gasteiger partial charge in [0, 0.05) is 25.0 Å². The van der Waals surface area contributed by atoms with Crippen molar-refractivity contribution in [1.29, 1.82) is 0 Å². The predicted octanol–water partition coefficient (Wildman–Crippen LogP) is 0.987. The van der Waals surface area contributed by atoms with Crippen LogP contribution in [-0.4, -0.2) is 40.1 Å². The van der Waals surface area contributed by atoms with Crippen LogP contribution < -0.4 is 0 Å². The number of aromatic nitrogens is 1. The van der Waals surface area contributed by atoms with Gasteiger partial charge in [-0.15, -0.1) is 0 Å². The number of β-amino-alcohol motifs (C(OH)–C–C–N with tert-alkyl or cyclic N) is 1. The highest BCUT2D eigenvalue weighted by Gasteiger charge is 2.22. The Labute approximate surface area is 94.9 Å². The number of aryl methyl sites for hydroxylation is 1. The number of aliphatic hydroxyl groups excluding tert-OH is 1. The fourth-order valence-electron chi connectivity index (χ4n) is 1.92. The summed E-state index contributed by atoms with van der Waals surface area (Å²) in [4.78, 5) is 17.8. The lowest BCUT2D eigenvalue weighted by molar-refractivity contribution is 0.0473. The van der Waals surface area contributed by atoms with Crippen molar-refractivity contribution in [2.24, 2.45) is 0 Å². The first-order valence-corrected chi connectivity index (χ1v) is 5.57. The summed E-state index contributed by atoms with van der Waals surface area (Å²) >= 11 is 0. The first-order valence-electron chi connectivity index (χ1n) is 5.57. The van der Waals surface area contributed by atoms with Crippen LogP contribution in [0.3, 0.4) is 0 Å². The molecular formula is C12H16N2O2. The van der Waals surface area contributed by atoms with Gasteiger partial charge in [-0.1, -0.05) is 0 Å². The maximum atomic E-state index is 12.0. The van der Waals surface area contributed by atoms with Crippen molar-refractivity contribution < 1.29 is 9.90 Å². The SMILES string of the molecule is Cc1ccc(C(=O)N2CCC[C@H](O)C2)cn1. The fraction of sp³-hybridized carbons (Fsp3) is 0.500. The molecular weight excluding hydrogens is 204 g/mol. The van der Waals surface area contributed by atoms with Gasteiger partial charge in [0.25, 0.3) is 5.91 Å². The second kappa shape index (κ2) is 4.61. The maximum absolute atomic E-state index is 12.0. The zero-order chi connectivity index (χ0) is 11.5. The second-order valence-corrected chi connectivity index (χ2v) is 4.24. The molecule has 0 unspecified atom stereocenters. The van der Waals surface area contributed by atoms with E-state index in [2.05, 4.69) is 4.98 Å². The number of likely N-dealkylation sites (tertiary alicyclic amines) is 1. The third-order valence-corrected chi connectivity index (χ3v) is 2.84. The highest BCUT2D eigenvalue weighted by Crippen LogP contribution is 2.13. The molecule has 4 nitrogen and oxygen atoms in total. The summed E-state index contributed by atoms with van der Waals surface area (Å²) in [5.41, 5.74) is 1.50. The number of aliphatic hydroxyl groups is 1. The molecule has 0 aliphatic carbocycles. The third kappa shape index (κ3) is 2.39. The number of rotatable bonds is 1. The van der Waals surface area contributed by atoms with Gasteiger partial charge in [0.2, 0.25) is 0 Å². The van der Waals surface area contributed by atoms with Gasteiger partial charge < -0.3 is 10.0 Å². The minimum absolute atomic E-state index is 0.0359. The number of hydrogen-bond donors (Lipinski definition) is 1. The molecule has 0 spiro atoms. The Morgan fingerprint density at radius 2 is 2.38 bits per heavy atom. The number of amides is 1. The maximum Gasteiger partial charge on any atom is 0.255 e. The molecule has 2 heterocycles. The average molecular weight is 220 g/mol. The van der Waals surface area contributed by atoms with Crippen LogP contribution in [0.4, 0.5) is 0 Å². The smallest absolute Gasteiger partial charge is 0.255 e. The molecule has 1 fully saturated rings. The molecule has 1 saturated heterocycles. The van der Waals surface area contributed by atoms with Gasteiger partial charge in [-0.05, 0) is 31.9 Å². The van der Waals surface area contributed by atoms with Crippen molar-refractivity contribution >= 4 is 5.91 Å². The quantitative estimate of drug-likeness (QED) is 0.767. The van der Waals surface area contributed by atoms with Crippen LogP contribution in [-0.2, 0) is 0 Å². The van der Waals surface area contributed by atoms with E-state index < -0.39 is 0 Å². The Morgan fingerprint density at radius 3 is 3.00 bits per heavy atom. The fourth-order valence-corrected chi connectivity index (χ4v) is 1.92. The average Bonchev–Trinajstić information content (AvgIpc) is 2.29. The number of carbonyl (C=O) groups excluding carboxylic acids is 1. The third-order valence-electron chi connectivity index (χ3n) is 2.84. The first-order chi connectivity index (χ1) is 7.66. The molecule has 0 aromatic carbocycles. The van der Waals surface area contributed by atoms with E-state index in [1.807, 2.05) is 13.0 Å². The van der Waals surface area contributed by atoms with Crippen molar-refractivity contribution in [3.05, 3.63) is 29.6 Å². The normalized spacial score (nSPS) is 20.9. The lowest BCUT2D eigenvalue weighted by Gasteiger charge is -2.30. The highest BCUT2D eigenvalue weighted by atomic mass is 16.3. The molecule has 1 amide bonds. The molecule has 86 valence electrons. The predicted molar refractivity (Wildman–Crippen MR) is 60.1 cm³/mol. The van der Waals surface area contributed by atoms with Gasteiger partial charge in [0.15, 0.2) is 0 Å². The Bertz CT molecular complexity index is 375. The van der Waals surface area contributed by atoms with E-state index in [4.69, 9.17) is 0 Å². The summed E-state index contributed by atoms with van der Waals surface area (Å²) in [5, 5.41) is 9.51. The number of hydrogen-bond acceptors (Lipinski definition) is 3. The Hall–Kier alpha value is -1.42. The van der Waals surface area contributed by atoms with Crippen LogP contribution in [0, 0.1) is 6.92 Å². The molecule has 1 N–H and O–H groups in total. The van der Waals surface area contributed by atoms with Gasteiger partial charge in [-0.2, -0.15) is 0 Å². The van der Waals surface area contributed by atoms with E-state index >= 15 is 0 Å². The lowest BCUT2D eigenvalue weighted by atomic mass is 10.1. The summed E-state index contributed by atoms with van der Waals surface area (Å²) in [6, 6.07) is 3.61. The molecule has 1 atom stereocenters. The summed E-state index contributed by atoms with van der Waals surface area (Å²) in [7, 11) is 0. The second-order valence-electron chi connectivity index (χ2n) is 4.24. The summed E-state index contributed by atoms with van der Waals surface area (Å²) in [6.07, 6.45) is 2.87. The number of piperidine rings is 1. The van der Waals surface area contributed by atoms with Gasteiger partial charge >= 0.3 is 0 Å². The van der Waals surface area contributed by atoms with Crippen molar-refractivity contribution in [2.45, 2.75) is 25.9 Å². The Balaban J connectivity index is 2.09. The van der Waals surface area contributed by atoms with E-state index in [1.54, 1.807) is 17.2 Å². The number of pyridine rings is 1. The van der Waals surface area contributed by atoms with Crippen LogP contribution >= 0.6 is 0 Å². The topological polar surface area (TPSA) is 53.4 Å². The molecule has 1 aromatic heterocycles. The summed E-state index contributed by atoms with van der Waals surface area (Å²) in [6.45, 7) is 3.05. The van der Waals surface area contributed by atoms with Crippen molar-refractivity contribution in [1.82, 2.24) is 9.88 Å². The monoisotopic (exact) mass is 220 g/mol. The molecule has 0 bridgehead atoms. The molecule has 0 saturated carbocycles. The van der Waals surface area contributed by atoms with Gasteiger partial charge in [0.1, 0.15) is 0 Å². The highest BCUT2D eigenvalue weighted by molar-refractivity contribution is 5.94. The molecule has 1 aliphatic rings. The van der Waals surface area contributed by atoms with E-state index in [0.29, 0.717) is 12.1 Å². The molecule has 16 heavy (non-hydrogen) atoms. The van der Waals surface area contributed by atoms with Crippen molar-refractivity contribution in [2.75, 3.05) is 13.1 Å². The minimum atomic E-state index is -0.379. The van der Waals surface area contributed by atoms with Crippen LogP contribution in [0.25, 0.3) is 0 Å². The molecule has 1 aromatic rings. The van der Waals surface area contributed by atoms with Gasteiger partial charge in [-0.3, -0.25) is 9.78 Å². The first kappa shape index (κ1) is 11.1. The van der Waals surface area contributed by atoms with Gasteiger partial charge in [0.05, 0.1) is 11.7 Å².